The second kappa shape index (κ2) is 8.00. The number of ketones is 1. The monoisotopic (exact) mass is 403 g/mol. The van der Waals surface area contributed by atoms with Crippen LogP contribution in [0.25, 0.3) is 22.2 Å². The molecule has 9 heteroatoms. The van der Waals surface area contributed by atoms with Crippen molar-refractivity contribution < 1.29 is 14.3 Å². The number of hydrogen-bond acceptors (Lipinski definition) is 8. The quantitative estimate of drug-likeness (QED) is 0.271. The molecule has 3 aromatic carbocycles. The van der Waals surface area contributed by atoms with Crippen LogP contribution in [0, 0.1) is 10.1 Å². The second-order valence-electron chi connectivity index (χ2n) is 6.74. The minimum absolute atomic E-state index is 0.0377. The van der Waals surface area contributed by atoms with Gasteiger partial charge in [0, 0.05) is 18.2 Å². The first kappa shape index (κ1) is 19.1. The molecule has 0 radical (unpaired) electrons. The lowest BCUT2D eigenvalue weighted by molar-refractivity contribution is -0.383. The van der Waals surface area contributed by atoms with Gasteiger partial charge < -0.3 is 11.1 Å². The molecule has 4 rings (SSSR count). The Morgan fingerprint density at radius 2 is 1.60 bits per heavy atom. The highest BCUT2D eigenvalue weighted by Gasteiger charge is 2.19. The Hall–Kier alpha value is -4.27. The van der Waals surface area contributed by atoms with E-state index in [2.05, 4.69) is 20.3 Å². The van der Waals surface area contributed by atoms with Gasteiger partial charge in [-0.2, -0.15) is 0 Å². The van der Waals surface area contributed by atoms with Gasteiger partial charge in [-0.1, -0.05) is 36.4 Å². The number of hydrogen-bond donors (Lipinski definition) is 2. The number of nitro benzene ring substituents is 1. The van der Waals surface area contributed by atoms with Crippen LogP contribution in [0.15, 0.2) is 65.3 Å². The molecule has 0 saturated heterocycles. The molecule has 1 aromatic heterocycles. The van der Waals surface area contributed by atoms with Crippen molar-refractivity contribution in [1.82, 2.24) is 10.3 Å². The molecular weight excluding hydrogens is 386 g/mol. The number of fused-ring (bicyclic) bond motifs is 1. The minimum Gasteiger partial charge on any atom is -0.399 e. The summed E-state index contributed by atoms with van der Waals surface area (Å²) in [4.78, 5) is 22.9. The fourth-order valence-corrected chi connectivity index (χ4v) is 3.12. The number of nitrogens with one attached hydrogen (secondary N) is 1. The summed E-state index contributed by atoms with van der Waals surface area (Å²) in [7, 11) is 0. The number of nitro groups is 1. The number of rotatable bonds is 7. The van der Waals surface area contributed by atoms with Gasteiger partial charge in [0.1, 0.15) is 0 Å². The number of non-ortho nitro benzene ring substituents is 1. The standard InChI is InChI=1S/C21H17N5O4/c22-16-7-5-15(6-8-16)14-3-1-13(2-4-14)11-17(27)12-23-18-9-10-19(26(28)29)21-20(18)24-30-25-21/h1-10,23H,11-12,22H2. The zero-order valence-electron chi connectivity index (χ0n) is 15.7. The summed E-state index contributed by atoms with van der Waals surface area (Å²) < 4.78 is 4.62. The summed E-state index contributed by atoms with van der Waals surface area (Å²) in [6, 6.07) is 18.1. The topological polar surface area (TPSA) is 137 Å². The van der Waals surface area contributed by atoms with Gasteiger partial charge in [0.15, 0.2) is 11.3 Å². The van der Waals surface area contributed by atoms with E-state index in [1.807, 2.05) is 48.5 Å². The van der Waals surface area contributed by atoms with E-state index < -0.39 is 4.92 Å². The Bertz CT molecular complexity index is 1220. The van der Waals surface area contributed by atoms with Crippen LogP contribution >= 0.6 is 0 Å². The van der Waals surface area contributed by atoms with Crippen LogP contribution in [-0.4, -0.2) is 27.6 Å². The first-order valence-electron chi connectivity index (χ1n) is 9.11. The van der Waals surface area contributed by atoms with Crippen molar-refractivity contribution in [3.8, 4) is 11.1 Å². The summed E-state index contributed by atoms with van der Waals surface area (Å²) >= 11 is 0. The molecule has 0 aliphatic carbocycles. The van der Waals surface area contributed by atoms with Gasteiger partial charge in [-0.15, -0.1) is 0 Å². The number of benzene rings is 3. The highest BCUT2D eigenvalue weighted by molar-refractivity contribution is 5.95. The maximum atomic E-state index is 12.4. The summed E-state index contributed by atoms with van der Waals surface area (Å²) in [6.45, 7) is 0.0412. The minimum atomic E-state index is -0.560. The van der Waals surface area contributed by atoms with Gasteiger partial charge in [0.25, 0.3) is 0 Å². The van der Waals surface area contributed by atoms with Gasteiger partial charge >= 0.3 is 5.69 Å². The largest absolute Gasteiger partial charge is 0.399 e. The number of carbonyl (C=O) groups excluding carboxylic acids is 1. The van der Waals surface area contributed by atoms with Gasteiger partial charge in [-0.3, -0.25) is 14.9 Å². The predicted molar refractivity (Wildman–Crippen MR) is 112 cm³/mol. The molecule has 150 valence electrons. The van der Waals surface area contributed by atoms with Crippen LogP contribution in [0.4, 0.5) is 17.1 Å². The van der Waals surface area contributed by atoms with E-state index in [-0.39, 0.29) is 35.5 Å². The van der Waals surface area contributed by atoms with E-state index in [1.165, 1.54) is 12.1 Å². The van der Waals surface area contributed by atoms with Crippen LogP contribution in [0.3, 0.4) is 0 Å². The Morgan fingerprint density at radius 3 is 2.27 bits per heavy atom. The molecule has 0 unspecified atom stereocenters. The van der Waals surface area contributed by atoms with Gasteiger partial charge in [0.2, 0.25) is 5.52 Å². The van der Waals surface area contributed by atoms with Crippen LogP contribution in [0.5, 0.6) is 0 Å². The molecular formula is C21H17N5O4. The van der Waals surface area contributed by atoms with Crippen molar-refractivity contribution in [3.63, 3.8) is 0 Å². The van der Waals surface area contributed by atoms with Crippen LogP contribution in [0.1, 0.15) is 5.56 Å². The van der Waals surface area contributed by atoms with E-state index >= 15 is 0 Å². The van der Waals surface area contributed by atoms with Crippen molar-refractivity contribution in [2.45, 2.75) is 6.42 Å². The summed E-state index contributed by atoms with van der Waals surface area (Å²) in [5.74, 6) is -0.0433. The highest BCUT2D eigenvalue weighted by Crippen LogP contribution is 2.28. The molecule has 9 nitrogen and oxygen atoms in total. The van der Waals surface area contributed by atoms with Gasteiger partial charge in [-0.05, 0) is 45.2 Å². The smallest absolute Gasteiger partial charge is 0.300 e. The van der Waals surface area contributed by atoms with Gasteiger partial charge in [-0.25, -0.2) is 4.63 Å². The summed E-state index contributed by atoms with van der Waals surface area (Å²) in [5, 5.41) is 21.3. The molecule has 30 heavy (non-hydrogen) atoms. The summed E-state index contributed by atoms with van der Waals surface area (Å²) in [6.07, 6.45) is 0.252. The Kier molecular flexibility index (Phi) is 5.08. The third kappa shape index (κ3) is 3.95. The number of nitrogen functional groups attached to an aromatic ring is 1. The van der Waals surface area contributed by atoms with Crippen LogP contribution in [0.2, 0.25) is 0 Å². The Balaban J connectivity index is 1.40. The highest BCUT2D eigenvalue weighted by atomic mass is 16.6. The number of Topliss-reactive ketones (excluding diaryl/α,β-unsaturated/α-hetero) is 1. The normalized spacial score (nSPS) is 10.8. The first-order chi connectivity index (χ1) is 14.5. The van der Waals surface area contributed by atoms with E-state index in [0.717, 1.165) is 16.7 Å². The molecule has 0 aliphatic heterocycles. The van der Waals surface area contributed by atoms with Crippen molar-refractivity contribution in [2.75, 3.05) is 17.6 Å². The van der Waals surface area contributed by atoms with Crippen molar-refractivity contribution in [2.24, 2.45) is 0 Å². The van der Waals surface area contributed by atoms with Crippen molar-refractivity contribution in [1.29, 1.82) is 0 Å². The fraction of sp³-hybridized carbons (Fsp3) is 0.0952. The van der Waals surface area contributed by atoms with Gasteiger partial charge in [0.05, 0.1) is 17.2 Å². The molecule has 0 bridgehead atoms. The number of anilines is 2. The molecule has 0 amide bonds. The number of aromatic nitrogens is 2. The van der Waals surface area contributed by atoms with Crippen LogP contribution < -0.4 is 11.1 Å². The zero-order chi connectivity index (χ0) is 21.1. The lowest BCUT2D eigenvalue weighted by atomic mass is 10.0. The molecule has 0 spiro atoms. The lowest BCUT2D eigenvalue weighted by Crippen LogP contribution is -2.16. The number of carbonyl (C=O) groups is 1. The maximum Gasteiger partial charge on any atom is 0.300 e. The average Bonchev–Trinajstić information content (AvgIpc) is 3.23. The van der Waals surface area contributed by atoms with Crippen molar-refractivity contribution >= 4 is 33.9 Å². The third-order valence-electron chi connectivity index (χ3n) is 4.67. The average molecular weight is 403 g/mol. The second-order valence-corrected chi connectivity index (χ2v) is 6.74. The predicted octanol–water partition coefficient (Wildman–Crippen LogP) is 3.60. The third-order valence-corrected chi connectivity index (χ3v) is 4.67. The molecule has 3 N–H and O–H groups in total. The van der Waals surface area contributed by atoms with E-state index in [4.69, 9.17) is 5.73 Å². The zero-order valence-corrected chi connectivity index (χ0v) is 15.7. The van der Waals surface area contributed by atoms with Crippen LogP contribution in [-0.2, 0) is 11.2 Å². The molecule has 0 saturated carbocycles. The molecule has 0 aliphatic rings. The lowest BCUT2D eigenvalue weighted by Gasteiger charge is -2.07. The maximum absolute atomic E-state index is 12.4. The Morgan fingerprint density at radius 1 is 0.967 bits per heavy atom. The van der Waals surface area contributed by atoms with E-state index in [0.29, 0.717) is 11.4 Å². The van der Waals surface area contributed by atoms with E-state index in [1.54, 1.807) is 0 Å². The molecule has 0 atom stereocenters. The van der Waals surface area contributed by atoms with Crippen molar-refractivity contribution in [3.05, 3.63) is 76.3 Å². The summed E-state index contributed by atoms with van der Waals surface area (Å²) in [5.41, 5.74) is 9.89. The SMILES string of the molecule is Nc1ccc(-c2ccc(CC(=O)CNc3ccc([N+](=O)[O-])c4nonc34)cc2)cc1. The number of nitrogens with zero attached hydrogens (tertiary/aromatic N) is 3. The van der Waals surface area contributed by atoms with E-state index in [9.17, 15) is 14.9 Å². The molecule has 1 heterocycles. The first-order valence-corrected chi connectivity index (χ1v) is 9.11. The number of nitrogens with two attached hydrogens (primary N) is 1. The molecule has 0 fully saturated rings. The fourth-order valence-electron chi connectivity index (χ4n) is 3.12. The molecule has 4 aromatic rings. The Labute approximate surface area is 170 Å².